The molecule has 0 bridgehead atoms. The average Bonchev–Trinajstić information content (AvgIpc) is 3.14. The molecule has 8 heteroatoms. The van der Waals surface area contributed by atoms with Crippen LogP contribution in [0.1, 0.15) is 19.0 Å². The van der Waals surface area contributed by atoms with Gasteiger partial charge < -0.3 is 15.0 Å². The molecule has 1 aliphatic heterocycles. The predicted octanol–water partition coefficient (Wildman–Crippen LogP) is 2.78. The Kier molecular flexibility index (Phi) is 5.18. The van der Waals surface area contributed by atoms with E-state index in [1.54, 1.807) is 4.90 Å². The molecule has 0 unspecified atom stereocenters. The fourth-order valence-electron chi connectivity index (χ4n) is 2.67. The standard InChI is InChI=1S/C17H20N4O3S/c1-3-24-14-6-4-13(5-7-14)21-9-12(8-15(21)22)19-16(23)20-17-18-11(2)10-25-17/h4-7,10,12H,3,8-9H2,1-2H3,(H2,18,19,20,23)/t12-/m0/s1. The van der Waals surface area contributed by atoms with Gasteiger partial charge >= 0.3 is 6.03 Å². The lowest BCUT2D eigenvalue weighted by molar-refractivity contribution is -0.117. The smallest absolute Gasteiger partial charge is 0.321 e. The number of nitrogens with zero attached hydrogens (tertiary/aromatic N) is 2. The summed E-state index contributed by atoms with van der Waals surface area (Å²) in [6.07, 6.45) is 0.275. The van der Waals surface area contributed by atoms with Gasteiger partial charge in [-0.05, 0) is 38.1 Å². The van der Waals surface area contributed by atoms with Crippen LogP contribution in [0.2, 0.25) is 0 Å². The summed E-state index contributed by atoms with van der Waals surface area (Å²) in [6, 6.07) is 6.79. The number of rotatable bonds is 5. The second-order valence-electron chi connectivity index (χ2n) is 5.72. The number of benzene rings is 1. The van der Waals surface area contributed by atoms with Gasteiger partial charge in [-0.25, -0.2) is 9.78 Å². The van der Waals surface area contributed by atoms with Gasteiger partial charge in [0.2, 0.25) is 5.91 Å². The zero-order valence-corrected chi connectivity index (χ0v) is 14.9. The Balaban J connectivity index is 1.57. The van der Waals surface area contributed by atoms with Crippen molar-refractivity contribution >= 4 is 34.1 Å². The summed E-state index contributed by atoms with van der Waals surface area (Å²) in [5, 5.41) is 7.93. The molecule has 0 spiro atoms. The molecule has 0 aliphatic carbocycles. The minimum atomic E-state index is -0.347. The van der Waals surface area contributed by atoms with Crippen LogP contribution in [0.15, 0.2) is 29.6 Å². The average molecular weight is 360 g/mol. The third-order valence-corrected chi connectivity index (χ3v) is 4.63. The molecular formula is C17H20N4O3S. The highest BCUT2D eigenvalue weighted by atomic mass is 32.1. The molecule has 3 amide bonds. The van der Waals surface area contributed by atoms with Crippen LogP contribution in [-0.4, -0.2) is 36.1 Å². The van der Waals surface area contributed by atoms with Gasteiger partial charge in [-0.3, -0.25) is 10.1 Å². The summed E-state index contributed by atoms with van der Waals surface area (Å²) in [7, 11) is 0. The van der Waals surface area contributed by atoms with E-state index in [2.05, 4.69) is 15.6 Å². The number of urea groups is 1. The van der Waals surface area contributed by atoms with Crippen molar-refractivity contribution in [2.45, 2.75) is 26.3 Å². The Morgan fingerprint density at radius 2 is 2.16 bits per heavy atom. The second-order valence-corrected chi connectivity index (χ2v) is 6.58. The quantitative estimate of drug-likeness (QED) is 0.859. The van der Waals surface area contributed by atoms with E-state index in [1.165, 1.54) is 11.3 Å². The van der Waals surface area contributed by atoms with Crippen molar-refractivity contribution in [1.82, 2.24) is 10.3 Å². The summed E-state index contributed by atoms with van der Waals surface area (Å²) >= 11 is 1.37. The van der Waals surface area contributed by atoms with Crippen LogP contribution in [0.25, 0.3) is 0 Å². The number of hydrogen-bond acceptors (Lipinski definition) is 5. The van der Waals surface area contributed by atoms with Crippen LogP contribution in [0.4, 0.5) is 15.6 Å². The van der Waals surface area contributed by atoms with Gasteiger partial charge in [0.25, 0.3) is 0 Å². The summed E-state index contributed by atoms with van der Waals surface area (Å²) in [5.74, 6) is 0.755. The molecule has 2 heterocycles. The SMILES string of the molecule is CCOc1ccc(N2C[C@@H](NC(=O)Nc3nc(C)cs3)CC2=O)cc1. The Morgan fingerprint density at radius 3 is 2.80 bits per heavy atom. The second kappa shape index (κ2) is 7.52. The van der Waals surface area contributed by atoms with Gasteiger partial charge in [-0.15, -0.1) is 11.3 Å². The summed E-state index contributed by atoms with van der Waals surface area (Å²) < 4.78 is 5.41. The fourth-order valence-corrected chi connectivity index (χ4v) is 3.36. The number of carbonyl (C=O) groups is 2. The van der Waals surface area contributed by atoms with Crippen molar-refractivity contribution in [3.63, 3.8) is 0 Å². The van der Waals surface area contributed by atoms with E-state index < -0.39 is 0 Å². The molecule has 1 aliphatic rings. The van der Waals surface area contributed by atoms with E-state index in [4.69, 9.17) is 4.74 Å². The van der Waals surface area contributed by atoms with Gasteiger partial charge in [-0.1, -0.05) is 0 Å². The van der Waals surface area contributed by atoms with Crippen molar-refractivity contribution in [2.75, 3.05) is 23.4 Å². The first-order chi connectivity index (χ1) is 12.0. The number of aryl methyl sites for hydroxylation is 1. The van der Waals surface area contributed by atoms with Crippen LogP contribution < -0.4 is 20.3 Å². The summed E-state index contributed by atoms with van der Waals surface area (Å²) in [4.78, 5) is 30.2. The van der Waals surface area contributed by atoms with Gasteiger partial charge in [0, 0.05) is 24.0 Å². The number of amides is 3. The Hall–Kier alpha value is -2.61. The van der Waals surface area contributed by atoms with E-state index in [1.807, 2.05) is 43.5 Å². The molecule has 2 aromatic rings. The van der Waals surface area contributed by atoms with Crippen molar-refractivity contribution < 1.29 is 14.3 Å². The number of hydrogen-bond donors (Lipinski definition) is 2. The maximum atomic E-state index is 12.3. The summed E-state index contributed by atoms with van der Waals surface area (Å²) in [6.45, 7) is 4.83. The monoisotopic (exact) mass is 360 g/mol. The lowest BCUT2D eigenvalue weighted by atomic mass is 10.2. The van der Waals surface area contributed by atoms with Crippen molar-refractivity contribution in [1.29, 1.82) is 0 Å². The molecule has 1 saturated heterocycles. The fraction of sp³-hybridized carbons (Fsp3) is 0.353. The van der Waals surface area contributed by atoms with Gasteiger partial charge in [0.15, 0.2) is 5.13 Å². The first-order valence-electron chi connectivity index (χ1n) is 8.08. The maximum absolute atomic E-state index is 12.3. The number of aromatic nitrogens is 1. The highest BCUT2D eigenvalue weighted by Gasteiger charge is 2.31. The number of nitrogens with one attached hydrogen (secondary N) is 2. The molecule has 7 nitrogen and oxygen atoms in total. The molecule has 1 atom stereocenters. The minimum Gasteiger partial charge on any atom is -0.494 e. The minimum absolute atomic E-state index is 0.0143. The molecule has 1 aromatic heterocycles. The maximum Gasteiger partial charge on any atom is 0.321 e. The van der Waals surface area contributed by atoms with Gasteiger partial charge in [-0.2, -0.15) is 0 Å². The third kappa shape index (κ3) is 4.27. The van der Waals surface area contributed by atoms with Crippen LogP contribution in [0, 0.1) is 6.92 Å². The molecular weight excluding hydrogens is 340 g/mol. The van der Waals surface area contributed by atoms with E-state index in [0.29, 0.717) is 18.3 Å². The molecule has 0 saturated carbocycles. The van der Waals surface area contributed by atoms with E-state index in [-0.39, 0.29) is 24.4 Å². The number of ether oxygens (including phenoxy) is 1. The predicted molar refractivity (Wildman–Crippen MR) is 97.4 cm³/mol. The van der Waals surface area contributed by atoms with Crippen LogP contribution in [0.5, 0.6) is 5.75 Å². The number of anilines is 2. The first kappa shape index (κ1) is 17.2. The van der Waals surface area contributed by atoms with E-state index >= 15 is 0 Å². The zero-order chi connectivity index (χ0) is 17.8. The lowest BCUT2D eigenvalue weighted by Gasteiger charge is -2.17. The Labute approximate surface area is 150 Å². The zero-order valence-electron chi connectivity index (χ0n) is 14.1. The van der Waals surface area contributed by atoms with Crippen molar-refractivity contribution in [3.05, 3.63) is 35.3 Å². The highest BCUT2D eigenvalue weighted by molar-refractivity contribution is 7.13. The molecule has 25 heavy (non-hydrogen) atoms. The lowest BCUT2D eigenvalue weighted by Crippen LogP contribution is -2.39. The largest absolute Gasteiger partial charge is 0.494 e. The van der Waals surface area contributed by atoms with Crippen LogP contribution in [0.3, 0.4) is 0 Å². The highest BCUT2D eigenvalue weighted by Crippen LogP contribution is 2.24. The normalized spacial score (nSPS) is 16.8. The van der Waals surface area contributed by atoms with E-state index in [0.717, 1.165) is 17.1 Å². The molecule has 1 fully saturated rings. The van der Waals surface area contributed by atoms with Crippen molar-refractivity contribution in [3.8, 4) is 5.75 Å². The Morgan fingerprint density at radius 1 is 1.40 bits per heavy atom. The topological polar surface area (TPSA) is 83.6 Å². The van der Waals surface area contributed by atoms with Gasteiger partial charge in [0.1, 0.15) is 5.75 Å². The van der Waals surface area contributed by atoms with Crippen LogP contribution >= 0.6 is 11.3 Å². The molecule has 132 valence electrons. The van der Waals surface area contributed by atoms with Crippen molar-refractivity contribution in [2.24, 2.45) is 0 Å². The molecule has 0 radical (unpaired) electrons. The molecule has 1 aromatic carbocycles. The number of carbonyl (C=O) groups excluding carboxylic acids is 2. The van der Waals surface area contributed by atoms with Crippen LogP contribution in [-0.2, 0) is 4.79 Å². The molecule has 3 rings (SSSR count). The molecule has 2 N–H and O–H groups in total. The summed E-state index contributed by atoms with van der Waals surface area (Å²) in [5.41, 5.74) is 1.66. The van der Waals surface area contributed by atoms with E-state index in [9.17, 15) is 9.59 Å². The number of thiazole rings is 1. The Bertz CT molecular complexity index is 760. The van der Waals surface area contributed by atoms with Gasteiger partial charge in [0.05, 0.1) is 18.3 Å². The third-order valence-electron chi connectivity index (χ3n) is 3.76. The first-order valence-corrected chi connectivity index (χ1v) is 8.96.